The molecule has 4 nitrogen and oxygen atoms in total. The fourth-order valence-corrected chi connectivity index (χ4v) is 11.3. The SMILES string of the molecule is CC1C=C(c2nc(-c3ccc(-c4cccc5c4oc4ccccc45)cc3)cc(-c3ccccc3-c3ccc4c(c3)OC3(C)CC=CC=C3C43c4ccccc4-c4ccccc43)n2)C=CC1. The maximum Gasteiger partial charge on any atom is 0.160 e. The molecule has 0 saturated carbocycles. The van der Waals surface area contributed by atoms with Crippen molar-refractivity contribution in [2.75, 3.05) is 0 Å². The zero-order valence-electron chi connectivity index (χ0n) is 36.3. The molecule has 9 aromatic rings. The van der Waals surface area contributed by atoms with Crippen LogP contribution in [0, 0.1) is 5.92 Å². The summed E-state index contributed by atoms with van der Waals surface area (Å²) in [7, 11) is 0. The molecule has 0 bridgehead atoms. The summed E-state index contributed by atoms with van der Waals surface area (Å²) in [5.74, 6) is 2.03. The van der Waals surface area contributed by atoms with Crippen LogP contribution in [0.1, 0.15) is 49.2 Å². The number of ether oxygens (including phenoxy) is 1. The van der Waals surface area contributed by atoms with E-state index in [1.807, 2.05) is 12.1 Å². The van der Waals surface area contributed by atoms with Crippen LogP contribution in [-0.4, -0.2) is 15.6 Å². The van der Waals surface area contributed by atoms with Crippen LogP contribution in [0.25, 0.3) is 83.4 Å². The molecule has 0 saturated heterocycles. The lowest BCUT2D eigenvalue weighted by Gasteiger charge is -2.50. The Morgan fingerprint density at radius 2 is 1.23 bits per heavy atom. The molecular formula is C61H44N2O2. The Balaban J connectivity index is 0.948. The van der Waals surface area contributed by atoms with Gasteiger partial charge in [-0.2, -0.15) is 0 Å². The van der Waals surface area contributed by atoms with Gasteiger partial charge in [0.2, 0.25) is 0 Å². The zero-order chi connectivity index (χ0) is 43.3. The summed E-state index contributed by atoms with van der Waals surface area (Å²) in [5.41, 5.74) is 17.6. The van der Waals surface area contributed by atoms with E-state index in [1.165, 1.54) is 33.4 Å². The molecule has 13 rings (SSSR count). The summed E-state index contributed by atoms with van der Waals surface area (Å²) >= 11 is 0. The van der Waals surface area contributed by atoms with E-state index in [4.69, 9.17) is 19.1 Å². The van der Waals surface area contributed by atoms with Crippen molar-refractivity contribution in [3.05, 3.63) is 228 Å². The van der Waals surface area contributed by atoms with E-state index < -0.39 is 11.0 Å². The van der Waals surface area contributed by atoms with Crippen LogP contribution >= 0.6 is 0 Å². The average Bonchev–Trinajstić information content (AvgIpc) is 3.88. The van der Waals surface area contributed by atoms with Gasteiger partial charge in [-0.25, -0.2) is 9.97 Å². The Labute approximate surface area is 378 Å². The highest BCUT2D eigenvalue weighted by molar-refractivity contribution is 6.09. The molecule has 65 heavy (non-hydrogen) atoms. The first-order chi connectivity index (χ1) is 32.0. The number of aromatic nitrogens is 2. The van der Waals surface area contributed by atoms with Crippen LogP contribution in [0.5, 0.6) is 5.75 Å². The third-order valence-corrected chi connectivity index (χ3v) is 14.2. The number of rotatable bonds is 5. The van der Waals surface area contributed by atoms with Gasteiger partial charge in [-0.1, -0.05) is 189 Å². The number of furan rings is 1. The van der Waals surface area contributed by atoms with Crippen molar-refractivity contribution < 1.29 is 9.15 Å². The van der Waals surface area contributed by atoms with Crippen LogP contribution in [0.3, 0.4) is 0 Å². The Morgan fingerprint density at radius 1 is 0.569 bits per heavy atom. The molecule has 1 spiro atoms. The summed E-state index contributed by atoms with van der Waals surface area (Å²) in [6.45, 7) is 4.51. The smallest absolute Gasteiger partial charge is 0.160 e. The standard InChI is InChI=1S/C61H44N2O2/c1-38-15-13-16-42(35-38)59-62-53(40-30-28-39(29-31-40)44-22-14-23-49-48-21-7-10-26-55(48)64-58(44)49)37-54(63-59)47-20-4-3-17-43(47)41-32-33-52-56(36-41)65-60(2)34-12-11-27-57(60)61(52)50-24-8-5-18-45(50)46-19-6-9-25-51(46)61/h3-14,16-33,35-38H,15,34H2,1-2H3. The molecule has 3 heterocycles. The second-order valence-electron chi connectivity index (χ2n) is 18.2. The molecule has 0 N–H and O–H groups in total. The number of hydrogen-bond donors (Lipinski definition) is 0. The van der Waals surface area contributed by atoms with Crippen LogP contribution < -0.4 is 4.74 Å². The van der Waals surface area contributed by atoms with Crippen LogP contribution in [-0.2, 0) is 5.41 Å². The first-order valence-electron chi connectivity index (χ1n) is 22.8. The van der Waals surface area contributed by atoms with E-state index in [9.17, 15) is 0 Å². The molecule has 2 atom stereocenters. The molecule has 0 amide bonds. The average molecular weight is 837 g/mol. The quantitative estimate of drug-likeness (QED) is 0.173. The molecule has 1 aliphatic heterocycles. The summed E-state index contributed by atoms with van der Waals surface area (Å²) in [6.07, 6.45) is 15.3. The molecule has 2 unspecified atom stereocenters. The van der Waals surface area contributed by atoms with Gasteiger partial charge in [0.25, 0.3) is 0 Å². The number of para-hydroxylation sites is 2. The summed E-state index contributed by atoms with van der Waals surface area (Å²) in [5, 5.41) is 2.25. The molecular weight excluding hydrogens is 793 g/mol. The van der Waals surface area contributed by atoms with Gasteiger partial charge in [-0.3, -0.25) is 0 Å². The monoisotopic (exact) mass is 836 g/mol. The van der Waals surface area contributed by atoms with Crippen molar-refractivity contribution in [3.8, 4) is 61.6 Å². The summed E-state index contributed by atoms with van der Waals surface area (Å²) < 4.78 is 13.7. The second-order valence-corrected chi connectivity index (χ2v) is 18.2. The lowest BCUT2D eigenvalue weighted by Crippen LogP contribution is -2.50. The van der Waals surface area contributed by atoms with E-state index in [2.05, 4.69) is 202 Å². The van der Waals surface area contributed by atoms with Crippen LogP contribution in [0.4, 0.5) is 0 Å². The van der Waals surface area contributed by atoms with E-state index in [-0.39, 0.29) is 0 Å². The fourth-order valence-electron chi connectivity index (χ4n) is 11.3. The lowest BCUT2D eigenvalue weighted by molar-refractivity contribution is 0.102. The van der Waals surface area contributed by atoms with Gasteiger partial charge in [0.05, 0.1) is 16.8 Å². The number of benzene rings is 7. The summed E-state index contributed by atoms with van der Waals surface area (Å²) in [6, 6.07) is 58.9. The van der Waals surface area contributed by atoms with Gasteiger partial charge >= 0.3 is 0 Å². The largest absolute Gasteiger partial charge is 0.482 e. The fraction of sp³-hybridized carbons (Fsp3) is 0.115. The van der Waals surface area contributed by atoms with Crippen molar-refractivity contribution >= 4 is 27.5 Å². The molecule has 3 aliphatic carbocycles. The van der Waals surface area contributed by atoms with Crippen molar-refractivity contribution in [2.24, 2.45) is 5.92 Å². The predicted molar refractivity (Wildman–Crippen MR) is 265 cm³/mol. The minimum Gasteiger partial charge on any atom is -0.482 e. The third-order valence-electron chi connectivity index (χ3n) is 14.2. The van der Waals surface area contributed by atoms with Gasteiger partial charge in [-0.05, 0) is 82.0 Å². The molecule has 0 fully saturated rings. The Hall–Kier alpha value is -7.82. The van der Waals surface area contributed by atoms with Gasteiger partial charge in [-0.15, -0.1) is 0 Å². The topological polar surface area (TPSA) is 48.2 Å². The first-order valence-corrected chi connectivity index (χ1v) is 22.8. The zero-order valence-corrected chi connectivity index (χ0v) is 36.3. The van der Waals surface area contributed by atoms with Crippen LogP contribution in [0.15, 0.2) is 210 Å². The van der Waals surface area contributed by atoms with Gasteiger partial charge in [0, 0.05) is 45.0 Å². The first kappa shape index (κ1) is 37.7. The summed E-state index contributed by atoms with van der Waals surface area (Å²) in [4.78, 5) is 10.6. The molecule has 2 aromatic heterocycles. The number of hydrogen-bond acceptors (Lipinski definition) is 4. The van der Waals surface area contributed by atoms with Crippen molar-refractivity contribution in [1.29, 1.82) is 0 Å². The van der Waals surface area contributed by atoms with Gasteiger partial charge in [0.15, 0.2) is 5.82 Å². The van der Waals surface area contributed by atoms with Gasteiger partial charge < -0.3 is 9.15 Å². The predicted octanol–water partition coefficient (Wildman–Crippen LogP) is 15.4. The lowest BCUT2D eigenvalue weighted by atomic mass is 9.59. The second kappa shape index (κ2) is 14.4. The Bertz CT molecular complexity index is 3520. The highest BCUT2D eigenvalue weighted by Crippen LogP contribution is 2.64. The van der Waals surface area contributed by atoms with Gasteiger partial charge in [0.1, 0.15) is 22.5 Å². The van der Waals surface area contributed by atoms with E-state index in [0.717, 1.165) is 96.7 Å². The minimum absolute atomic E-state index is 0.396. The number of allylic oxidation sites excluding steroid dienone is 6. The maximum atomic E-state index is 7.25. The molecule has 7 aromatic carbocycles. The van der Waals surface area contributed by atoms with Crippen molar-refractivity contribution in [1.82, 2.24) is 9.97 Å². The van der Waals surface area contributed by atoms with Crippen LogP contribution in [0.2, 0.25) is 0 Å². The van der Waals surface area contributed by atoms with E-state index in [0.29, 0.717) is 5.92 Å². The number of nitrogens with zero attached hydrogens (tertiary/aromatic N) is 2. The molecule has 310 valence electrons. The maximum absolute atomic E-state index is 7.25. The molecule has 4 aliphatic rings. The van der Waals surface area contributed by atoms with Crippen molar-refractivity contribution in [2.45, 2.75) is 37.7 Å². The Kier molecular flexibility index (Phi) is 8.33. The normalized spacial score (nSPS) is 18.7. The Morgan fingerprint density at radius 3 is 2.03 bits per heavy atom. The minimum atomic E-state index is -0.534. The highest BCUT2D eigenvalue weighted by atomic mass is 16.5. The van der Waals surface area contributed by atoms with Crippen molar-refractivity contribution in [3.63, 3.8) is 0 Å². The molecule has 0 radical (unpaired) electrons. The van der Waals surface area contributed by atoms with E-state index in [1.54, 1.807) is 0 Å². The molecule has 4 heteroatoms. The highest BCUT2D eigenvalue weighted by Gasteiger charge is 2.57. The third kappa shape index (κ3) is 5.69. The number of fused-ring (bicyclic) bond motifs is 12. The van der Waals surface area contributed by atoms with E-state index >= 15 is 0 Å².